The predicted octanol–water partition coefficient (Wildman–Crippen LogP) is 6.30. The molecule has 212 valence electrons. The summed E-state index contributed by atoms with van der Waals surface area (Å²) in [6.07, 6.45) is -0.795. The summed E-state index contributed by atoms with van der Waals surface area (Å²) >= 11 is 12.0. The van der Waals surface area contributed by atoms with Crippen LogP contribution in [0.15, 0.2) is 84.9 Å². The fourth-order valence-electron chi connectivity index (χ4n) is 5.12. The molecule has 2 unspecified atom stereocenters. The van der Waals surface area contributed by atoms with Crippen LogP contribution in [0.5, 0.6) is 11.5 Å². The van der Waals surface area contributed by atoms with Crippen molar-refractivity contribution in [3.8, 4) is 11.5 Å². The quantitative estimate of drug-likeness (QED) is 0.268. The maximum atomic E-state index is 13.2. The molecule has 0 saturated carbocycles. The van der Waals surface area contributed by atoms with Gasteiger partial charge < -0.3 is 24.8 Å². The average Bonchev–Trinajstić information content (AvgIpc) is 3.00. The molecular formula is C32H24Cl2N2O6. The van der Waals surface area contributed by atoms with E-state index in [2.05, 4.69) is 5.32 Å². The lowest BCUT2D eigenvalue weighted by Crippen LogP contribution is -2.48. The Bertz CT molecular complexity index is 1690. The molecule has 0 bridgehead atoms. The van der Waals surface area contributed by atoms with Crippen molar-refractivity contribution in [2.45, 2.75) is 31.7 Å². The summed E-state index contributed by atoms with van der Waals surface area (Å²) in [4.78, 5) is 39.7. The van der Waals surface area contributed by atoms with Crippen molar-refractivity contribution in [1.82, 2.24) is 4.90 Å². The summed E-state index contributed by atoms with van der Waals surface area (Å²) in [6.45, 7) is 0.391. The summed E-state index contributed by atoms with van der Waals surface area (Å²) in [5.74, 6) is -0.753. The second-order valence-electron chi connectivity index (χ2n) is 10.1. The monoisotopic (exact) mass is 602 g/mol. The van der Waals surface area contributed by atoms with Gasteiger partial charge in [-0.1, -0.05) is 59.6 Å². The number of amides is 2. The number of carboxylic acid groups (broad SMARTS) is 1. The van der Waals surface area contributed by atoms with Crippen LogP contribution in [0, 0.1) is 0 Å². The van der Waals surface area contributed by atoms with Crippen LogP contribution in [0.2, 0.25) is 10.0 Å². The SMILES string of the molecule is O=C1Nc2cc3c(cc2OC1c1ccc(OCc2ccc(Cl)c(Cl)c2)cc1)CN(C(=O)c1ccccc1)C(C(=O)O)C3. The Morgan fingerprint density at radius 3 is 2.43 bits per heavy atom. The number of aliphatic carboxylic acids is 1. The number of nitrogens with one attached hydrogen (secondary N) is 1. The lowest BCUT2D eigenvalue weighted by Gasteiger charge is -2.36. The predicted molar refractivity (Wildman–Crippen MR) is 157 cm³/mol. The summed E-state index contributed by atoms with van der Waals surface area (Å²) in [5, 5.41) is 13.7. The number of fused-ring (bicyclic) bond motifs is 2. The zero-order chi connectivity index (χ0) is 29.4. The van der Waals surface area contributed by atoms with Gasteiger partial charge in [-0.05, 0) is 65.2 Å². The van der Waals surface area contributed by atoms with Crippen LogP contribution in [0.25, 0.3) is 0 Å². The molecule has 2 N–H and O–H groups in total. The van der Waals surface area contributed by atoms with Gasteiger partial charge in [0, 0.05) is 24.1 Å². The largest absolute Gasteiger partial charge is 0.489 e. The third-order valence-corrected chi connectivity index (χ3v) is 8.05. The summed E-state index contributed by atoms with van der Waals surface area (Å²) in [6, 6.07) is 23.4. The van der Waals surface area contributed by atoms with E-state index in [0.717, 1.165) is 16.7 Å². The number of carboxylic acids is 1. The van der Waals surface area contributed by atoms with Gasteiger partial charge in [-0.15, -0.1) is 0 Å². The Kier molecular flexibility index (Phi) is 7.49. The van der Waals surface area contributed by atoms with Gasteiger partial charge in [-0.25, -0.2) is 4.79 Å². The average molecular weight is 603 g/mol. The Morgan fingerprint density at radius 1 is 0.952 bits per heavy atom. The van der Waals surface area contributed by atoms with Crippen LogP contribution in [0.4, 0.5) is 5.69 Å². The highest BCUT2D eigenvalue weighted by Gasteiger charge is 2.37. The van der Waals surface area contributed by atoms with Crippen molar-refractivity contribution in [2.75, 3.05) is 5.32 Å². The van der Waals surface area contributed by atoms with Gasteiger partial charge in [-0.2, -0.15) is 0 Å². The van der Waals surface area contributed by atoms with Crippen molar-refractivity contribution in [3.05, 3.63) is 123 Å². The molecule has 2 amide bonds. The second-order valence-corrected chi connectivity index (χ2v) is 10.9. The number of nitrogens with zero attached hydrogens (tertiary/aromatic N) is 1. The van der Waals surface area contributed by atoms with E-state index in [1.165, 1.54) is 4.90 Å². The lowest BCUT2D eigenvalue weighted by atomic mass is 9.91. The maximum Gasteiger partial charge on any atom is 0.326 e. The number of hydrogen-bond donors (Lipinski definition) is 2. The Hall–Kier alpha value is -4.53. The fourth-order valence-corrected chi connectivity index (χ4v) is 5.45. The lowest BCUT2D eigenvalue weighted by molar-refractivity contribution is -0.142. The Labute approximate surface area is 251 Å². The molecule has 42 heavy (non-hydrogen) atoms. The first kappa shape index (κ1) is 27.6. The number of halogens is 2. The zero-order valence-electron chi connectivity index (χ0n) is 22.1. The molecule has 0 saturated heterocycles. The molecule has 0 radical (unpaired) electrons. The number of anilines is 1. The van der Waals surface area contributed by atoms with Crippen LogP contribution in [0.3, 0.4) is 0 Å². The zero-order valence-corrected chi connectivity index (χ0v) is 23.6. The number of benzene rings is 4. The van der Waals surface area contributed by atoms with Gasteiger partial charge in [-0.3, -0.25) is 9.59 Å². The standard InChI is InChI=1S/C32H24Cl2N2O6/c33-24-11-6-18(12-25(24)34)17-41-23-9-7-19(8-10-23)29-30(37)35-26-13-21-14-27(32(39)40)36(16-22(21)15-28(26)42-29)31(38)20-4-2-1-3-5-20/h1-13,15,27,29H,14,16-17H2,(H,35,37)(H,39,40). The minimum Gasteiger partial charge on any atom is -0.489 e. The highest BCUT2D eigenvalue weighted by molar-refractivity contribution is 6.42. The maximum absolute atomic E-state index is 13.2. The van der Waals surface area contributed by atoms with Crippen LogP contribution in [-0.2, 0) is 29.2 Å². The van der Waals surface area contributed by atoms with Gasteiger partial charge in [0.25, 0.3) is 11.8 Å². The van der Waals surface area contributed by atoms with E-state index in [1.54, 1.807) is 78.9 Å². The molecule has 2 heterocycles. The van der Waals surface area contributed by atoms with Gasteiger partial charge in [0.1, 0.15) is 24.1 Å². The van der Waals surface area contributed by atoms with Gasteiger partial charge in [0.05, 0.1) is 15.7 Å². The fraction of sp³-hybridized carbons (Fsp3) is 0.156. The van der Waals surface area contributed by atoms with E-state index in [-0.39, 0.29) is 24.8 Å². The molecule has 6 rings (SSSR count). The molecule has 2 atom stereocenters. The van der Waals surface area contributed by atoms with Crippen molar-refractivity contribution >= 4 is 46.7 Å². The number of hydrogen-bond acceptors (Lipinski definition) is 5. The minimum absolute atomic E-state index is 0.0974. The molecule has 0 fully saturated rings. The molecular weight excluding hydrogens is 579 g/mol. The topological polar surface area (TPSA) is 105 Å². The van der Waals surface area contributed by atoms with E-state index in [9.17, 15) is 19.5 Å². The van der Waals surface area contributed by atoms with E-state index >= 15 is 0 Å². The number of carbonyl (C=O) groups excluding carboxylic acids is 2. The van der Waals surface area contributed by atoms with Crippen LogP contribution in [-0.4, -0.2) is 33.8 Å². The molecule has 8 nitrogen and oxygen atoms in total. The third-order valence-electron chi connectivity index (χ3n) is 7.31. The highest BCUT2D eigenvalue weighted by atomic mass is 35.5. The minimum atomic E-state index is -1.09. The normalized spacial score (nSPS) is 17.4. The second kappa shape index (κ2) is 11.4. The van der Waals surface area contributed by atoms with E-state index in [1.807, 2.05) is 6.07 Å². The molecule has 10 heteroatoms. The number of ether oxygens (including phenoxy) is 2. The first-order valence-electron chi connectivity index (χ1n) is 13.2. The van der Waals surface area contributed by atoms with Crippen LogP contribution < -0.4 is 14.8 Å². The van der Waals surface area contributed by atoms with Gasteiger partial charge in [0.15, 0.2) is 0 Å². The summed E-state index contributed by atoms with van der Waals surface area (Å²) < 4.78 is 12.0. The van der Waals surface area contributed by atoms with Crippen LogP contribution >= 0.6 is 23.2 Å². The van der Waals surface area contributed by atoms with Crippen molar-refractivity contribution in [1.29, 1.82) is 0 Å². The number of rotatable bonds is 6. The smallest absolute Gasteiger partial charge is 0.326 e. The van der Waals surface area contributed by atoms with E-state index < -0.39 is 18.1 Å². The molecule has 0 aliphatic carbocycles. The molecule has 0 spiro atoms. The van der Waals surface area contributed by atoms with E-state index in [4.69, 9.17) is 32.7 Å². The first-order chi connectivity index (χ1) is 20.3. The van der Waals surface area contributed by atoms with Crippen LogP contribution in [0.1, 0.15) is 38.7 Å². The third kappa shape index (κ3) is 5.51. The van der Waals surface area contributed by atoms with E-state index in [0.29, 0.717) is 45.0 Å². The Morgan fingerprint density at radius 2 is 1.71 bits per heavy atom. The molecule has 4 aromatic rings. The van der Waals surface area contributed by atoms with Gasteiger partial charge >= 0.3 is 5.97 Å². The summed E-state index contributed by atoms with van der Waals surface area (Å²) in [7, 11) is 0. The van der Waals surface area contributed by atoms with Gasteiger partial charge in [0.2, 0.25) is 6.10 Å². The summed E-state index contributed by atoms with van der Waals surface area (Å²) in [5.41, 5.74) is 3.87. The highest BCUT2D eigenvalue weighted by Crippen LogP contribution is 2.40. The number of carbonyl (C=O) groups is 3. The molecule has 4 aromatic carbocycles. The molecule has 0 aromatic heterocycles. The first-order valence-corrected chi connectivity index (χ1v) is 13.9. The van der Waals surface area contributed by atoms with Crippen molar-refractivity contribution in [2.24, 2.45) is 0 Å². The van der Waals surface area contributed by atoms with Crippen molar-refractivity contribution in [3.63, 3.8) is 0 Å². The van der Waals surface area contributed by atoms with Crippen molar-refractivity contribution < 1.29 is 29.0 Å². The molecule has 2 aliphatic rings. The Balaban J connectivity index is 1.19. The molecule has 2 aliphatic heterocycles.